The van der Waals surface area contributed by atoms with E-state index in [-0.39, 0.29) is 17.6 Å². The molecule has 0 aliphatic heterocycles. The standard InChI is InChI=1S/C13H20N4O2/c1-8-3-4-10(7-9(8)2)19-13-11(12(14)17-18)15-5-6-16-13/h5-6,8-10,18H,3-4,7H2,1-2H3,(H2,14,17). The Morgan fingerprint density at radius 2 is 2.05 bits per heavy atom. The molecule has 6 heteroatoms. The summed E-state index contributed by atoms with van der Waals surface area (Å²) in [6.07, 6.45) is 6.29. The molecular formula is C13H20N4O2. The van der Waals surface area contributed by atoms with Gasteiger partial charge in [-0.25, -0.2) is 9.97 Å². The van der Waals surface area contributed by atoms with Crippen LogP contribution in [0.5, 0.6) is 5.88 Å². The second-order valence-electron chi connectivity index (χ2n) is 5.20. The van der Waals surface area contributed by atoms with Crippen molar-refractivity contribution in [1.29, 1.82) is 0 Å². The smallest absolute Gasteiger partial charge is 0.244 e. The van der Waals surface area contributed by atoms with Crippen molar-refractivity contribution in [3.8, 4) is 5.88 Å². The van der Waals surface area contributed by atoms with E-state index in [1.54, 1.807) is 6.20 Å². The Labute approximate surface area is 112 Å². The van der Waals surface area contributed by atoms with Gasteiger partial charge in [-0.1, -0.05) is 19.0 Å². The minimum absolute atomic E-state index is 0.0830. The highest BCUT2D eigenvalue weighted by atomic mass is 16.5. The topological polar surface area (TPSA) is 93.6 Å². The van der Waals surface area contributed by atoms with Crippen molar-refractivity contribution in [3.05, 3.63) is 18.1 Å². The number of ether oxygens (including phenoxy) is 1. The van der Waals surface area contributed by atoms with Gasteiger partial charge in [-0.3, -0.25) is 0 Å². The normalized spacial score (nSPS) is 28.1. The third kappa shape index (κ3) is 3.13. The maximum Gasteiger partial charge on any atom is 0.244 e. The molecular weight excluding hydrogens is 244 g/mol. The molecule has 3 unspecified atom stereocenters. The van der Waals surface area contributed by atoms with Crippen LogP contribution < -0.4 is 10.5 Å². The zero-order chi connectivity index (χ0) is 13.8. The highest BCUT2D eigenvalue weighted by molar-refractivity contribution is 5.97. The predicted octanol–water partition coefficient (Wildman–Crippen LogP) is 1.77. The van der Waals surface area contributed by atoms with Crippen molar-refractivity contribution >= 4 is 5.84 Å². The van der Waals surface area contributed by atoms with E-state index in [0.29, 0.717) is 11.8 Å². The zero-order valence-corrected chi connectivity index (χ0v) is 11.3. The van der Waals surface area contributed by atoms with Crippen LogP contribution in [-0.4, -0.2) is 27.1 Å². The van der Waals surface area contributed by atoms with Gasteiger partial charge in [0.15, 0.2) is 11.5 Å². The van der Waals surface area contributed by atoms with E-state index in [9.17, 15) is 0 Å². The molecule has 3 N–H and O–H groups in total. The number of rotatable bonds is 3. The SMILES string of the molecule is CC1CCC(Oc2nccnc2C(N)=NO)CC1C. The molecule has 3 atom stereocenters. The van der Waals surface area contributed by atoms with Crippen LogP contribution in [0, 0.1) is 11.8 Å². The molecule has 0 radical (unpaired) electrons. The predicted molar refractivity (Wildman–Crippen MR) is 71.1 cm³/mol. The second-order valence-corrected chi connectivity index (χ2v) is 5.20. The Morgan fingerprint density at radius 1 is 1.32 bits per heavy atom. The number of hydrogen-bond donors (Lipinski definition) is 2. The van der Waals surface area contributed by atoms with E-state index in [4.69, 9.17) is 15.7 Å². The number of amidine groups is 1. The van der Waals surface area contributed by atoms with Crippen LogP contribution >= 0.6 is 0 Å². The monoisotopic (exact) mass is 264 g/mol. The molecule has 6 nitrogen and oxygen atoms in total. The molecule has 1 aliphatic rings. The fourth-order valence-corrected chi connectivity index (χ4v) is 2.40. The summed E-state index contributed by atoms with van der Waals surface area (Å²) in [5.74, 6) is 1.61. The van der Waals surface area contributed by atoms with Crippen molar-refractivity contribution in [1.82, 2.24) is 9.97 Å². The molecule has 104 valence electrons. The van der Waals surface area contributed by atoms with Crippen molar-refractivity contribution < 1.29 is 9.94 Å². The lowest BCUT2D eigenvalue weighted by Gasteiger charge is -2.32. The lowest BCUT2D eigenvalue weighted by atomic mass is 9.80. The van der Waals surface area contributed by atoms with Crippen molar-refractivity contribution in [2.45, 2.75) is 39.2 Å². The van der Waals surface area contributed by atoms with E-state index in [1.165, 1.54) is 6.20 Å². The average Bonchev–Trinajstić information content (AvgIpc) is 2.43. The van der Waals surface area contributed by atoms with Crippen LogP contribution in [0.25, 0.3) is 0 Å². The lowest BCUT2D eigenvalue weighted by molar-refractivity contribution is 0.0958. The molecule has 0 aromatic carbocycles. The summed E-state index contributed by atoms with van der Waals surface area (Å²) in [5, 5.41) is 11.7. The summed E-state index contributed by atoms with van der Waals surface area (Å²) < 4.78 is 5.88. The molecule has 1 heterocycles. The van der Waals surface area contributed by atoms with Gasteiger partial charge >= 0.3 is 0 Å². The first kappa shape index (κ1) is 13.6. The van der Waals surface area contributed by atoms with Crippen LogP contribution in [0.15, 0.2) is 17.5 Å². The van der Waals surface area contributed by atoms with Crippen LogP contribution in [0.4, 0.5) is 0 Å². The number of nitrogens with zero attached hydrogens (tertiary/aromatic N) is 3. The first-order valence-corrected chi connectivity index (χ1v) is 6.57. The molecule has 1 fully saturated rings. The third-order valence-corrected chi connectivity index (χ3v) is 3.84. The summed E-state index contributed by atoms with van der Waals surface area (Å²) in [5.41, 5.74) is 5.86. The summed E-state index contributed by atoms with van der Waals surface area (Å²) >= 11 is 0. The fourth-order valence-electron chi connectivity index (χ4n) is 2.40. The lowest BCUT2D eigenvalue weighted by Crippen LogP contribution is -2.30. The highest BCUT2D eigenvalue weighted by Crippen LogP contribution is 2.31. The van der Waals surface area contributed by atoms with Gasteiger partial charge in [0, 0.05) is 12.4 Å². The second kappa shape index (κ2) is 5.86. The largest absolute Gasteiger partial charge is 0.473 e. The van der Waals surface area contributed by atoms with Gasteiger partial charge in [0.05, 0.1) is 0 Å². The molecule has 1 aromatic rings. The molecule has 2 rings (SSSR count). The molecule has 0 amide bonds. The van der Waals surface area contributed by atoms with Gasteiger partial charge in [0.2, 0.25) is 5.88 Å². The van der Waals surface area contributed by atoms with Crippen LogP contribution in [0.1, 0.15) is 38.8 Å². The van der Waals surface area contributed by atoms with E-state index in [1.807, 2.05) is 0 Å². The maximum atomic E-state index is 8.73. The molecule has 1 aliphatic carbocycles. The van der Waals surface area contributed by atoms with Gasteiger partial charge < -0.3 is 15.7 Å². The number of hydrogen-bond acceptors (Lipinski definition) is 5. The molecule has 1 aromatic heterocycles. The molecule has 19 heavy (non-hydrogen) atoms. The summed E-state index contributed by atoms with van der Waals surface area (Å²) in [6.45, 7) is 4.51. The van der Waals surface area contributed by atoms with Crippen molar-refractivity contribution in [2.75, 3.05) is 0 Å². The summed E-state index contributed by atoms with van der Waals surface area (Å²) in [7, 11) is 0. The Morgan fingerprint density at radius 3 is 2.74 bits per heavy atom. The molecule has 0 spiro atoms. The fraction of sp³-hybridized carbons (Fsp3) is 0.615. The number of aromatic nitrogens is 2. The molecule has 1 saturated carbocycles. The first-order valence-electron chi connectivity index (χ1n) is 6.57. The molecule has 0 bridgehead atoms. The van der Waals surface area contributed by atoms with Gasteiger partial charge in [0.25, 0.3) is 0 Å². The Kier molecular flexibility index (Phi) is 4.19. The Hall–Kier alpha value is -1.85. The van der Waals surface area contributed by atoms with E-state index in [2.05, 4.69) is 29.0 Å². The average molecular weight is 264 g/mol. The van der Waals surface area contributed by atoms with Gasteiger partial charge in [0.1, 0.15) is 6.10 Å². The van der Waals surface area contributed by atoms with Crippen LogP contribution in [-0.2, 0) is 0 Å². The third-order valence-electron chi connectivity index (χ3n) is 3.84. The van der Waals surface area contributed by atoms with Crippen molar-refractivity contribution in [3.63, 3.8) is 0 Å². The zero-order valence-electron chi connectivity index (χ0n) is 11.3. The van der Waals surface area contributed by atoms with Crippen LogP contribution in [0.3, 0.4) is 0 Å². The van der Waals surface area contributed by atoms with Crippen LogP contribution in [0.2, 0.25) is 0 Å². The summed E-state index contributed by atoms with van der Waals surface area (Å²) in [4.78, 5) is 8.17. The Balaban J connectivity index is 2.11. The van der Waals surface area contributed by atoms with Gasteiger partial charge in [-0.2, -0.15) is 0 Å². The molecule has 0 saturated heterocycles. The van der Waals surface area contributed by atoms with E-state index in [0.717, 1.165) is 25.2 Å². The number of nitrogens with two attached hydrogens (primary N) is 1. The highest BCUT2D eigenvalue weighted by Gasteiger charge is 2.27. The van der Waals surface area contributed by atoms with Gasteiger partial charge in [-0.15, -0.1) is 0 Å². The maximum absolute atomic E-state index is 8.73. The van der Waals surface area contributed by atoms with Gasteiger partial charge in [-0.05, 0) is 31.1 Å². The first-order chi connectivity index (χ1) is 9.11. The number of oxime groups is 1. The Bertz CT molecular complexity index is 464. The van der Waals surface area contributed by atoms with E-state index < -0.39 is 0 Å². The van der Waals surface area contributed by atoms with Crippen molar-refractivity contribution in [2.24, 2.45) is 22.7 Å². The minimum Gasteiger partial charge on any atom is -0.473 e. The quantitative estimate of drug-likeness (QED) is 0.375. The summed E-state index contributed by atoms with van der Waals surface area (Å²) in [6, 6.07) is 0. The minimum atomic E-state index is -0.0830. The van der Waals surface area contributed by atoms with E-state index >= 15 is 0 Å².